The van der Waals surface area contributed by atoms with Gasteiger partial charge >= 0.3 is 0 Å². The highest BCUT2D eigenvalue weighted by Gasteiger charge is 2.20. The molecule has 2 rings (SSSR count). The van der Waals surface area contributed by atoms with Gasteiger partial charge in [0, 0.05) is 19.2 Å². The van der Waals surface area contributed by atoms with Crippen LogP contribution in [0.5, 0.6) is 0 Å². The van der Waals surface area contributed by atoms with Crippen molar-refractivity contribution in [3.63, 3.8) is 0 Å². The fourth-order valence-corrected chi connectivity index (χ4v) is 2.05. The van der Waals surface area contributed by atoms with Crippen LogP contribution in [0.2, 0.25) is 0 Å². The molecule has 0 radical (unpaired) electrons. The molecule has 0 bridgehead atoms. The Balaban J connectivity index is 2.04. The Bertz CT molecular complexity index is 436. The van der Waals surface area contributed by atoms with Crippen LogP contribution in [0.1, 0.15) is 44.3 Å². The Labute approximate surface area is 107 Å². The van der Waals surface area contributed by atoms with Crippen LogP contribution in [0.3, 0.4) is 0 Å². The molecule has 0 aliphatic carbocycles. The van der Waals surface area contributed by atoms with E-state index in [1.165, 1.54) is 0 Å². The predicted octanol–water partition coefficient (Wildman–Crippen LogP) is 1.37. The van der Waals surface area contributed by atoms with Crippen molar-refractivity contribution in [2.24, 2.45) is 5.92 Å². The van der Waals surface area contributed by atoms with Crippen molar-refractivity contribution >= 4 is 0 Å². The maximum Gasteiger partial charge on any atom is 0.251 e. The third kappa shape index (κ3) is 3.65. The monoisotopic (exact) mass is 251 g/mol. The second-order valence-electron chi connectivity index (χ2n) is 5.15. The molecular formula is C13H21N3O2. The molecule has 1 aromatic heterocycles. The minimum Gasteiger partial charge on any atom is -0.370 e. The van der Waals surface area contributed by atoms with Gasteiger partial charge in [-0.2, -0.15) is 0 Å². The number of nitrogens with zero attached hydrogens (tertiary/aromatic N) is 1. The number of aromatic amines is 1. The van der Waals surface area contributed by atoms with Crippen LogP contribution in [0.4, 0.5) is 0 Å². The Hall–Kier alpha value is -1.20. The zero-order valence-electron chi connectivity index (χ0n) is 11.0. The van der Waals surface area contributed by atoms with E-state index < -0.39 is 0 Å². The van der Waals surface area contributed by atoms with Gasteiger partial charge in [-0.05, 0) is 25.3 Å². The van der Waals surface area contributed by atoms with Crippen molar-refractivity contribution in [2.45, 2.75) is 39.3 Å². The standard InChI is InChI=1S/C13H21N3O2/c1-9(2)7-14-8-10-6-12(17)16-13(15-10)11-4-3-5-18-11/h6,9,11,14H,3-5,7-8H2,1-2H3,(H,15,16,17). The summed E-state index contributed by atoms with van der Waals surface area (Å²) in [7, 11) is 0. The molecule has 1 saturated heterocycles. The summed E-state index contributed by atoms with van der Waals surface area (Å²) < 4.78 is 5.54. The minimum absolute atomic E-state index is 0.0391. The van der Waals surface area contributed by atoms with Crippen LogP contribution in [0.25, 0.3) is 0 Å². The van der Waals surface area contributed by atoms with Gasteiger partial charge in [0.1, 0.15) is 11.9 Å². The number of hydrogen-bond donors (Lipinski definition) is 2. The molecule has 1 aliphatic heterocycles. The molecule has 2 N–H and O–H groups in total. The molecule has 18 heavy (non-hydrogen) atoms. The molecule has 1 atom stereocenters. The topological polar surface area (TPSA) is 67.0 Å². The van der Waals surface area contributed by atoms with Gasteiger partial charge in [-0.1, -0.05) is 13.8 Å². The summed E-state index contributed by atoms with van der Waals surface area (Å²) in [6.07, 6.45) is 1.93. The average molecular weight is 251 g/mol. The number of rotatable bonds is 5. The third-order valence-electron chi connectivity index (χ3n) is 2.91. The molecular weight excluding hydrogens is 230 g/mol. The van der Waals surface area contributed by atoms with Gasteiger partial charge in [0.25, 0.3) is 5.56 Å². The minimum atomic E-state index is -0.100. The first-order valence-corrected chi connectivity index (χ1v) is 6.57. The van der Waals surface area contributed by atoms with Gasteiger partial charge < -0.3 is 15.0 Å². The van der Waals surface area contributed by atoms with E-state index in [9.17, 15) is 4.79 Å². The summed E-state index contributed by atoms with van der Waals surface area (Å²) in [5.41, 5.74) is 0.682. The van der Waals surface area contributed by atoms with Crippen molar-refractivity contribution in [1.82, 2.24) is 15.3 Å². The lowest BCUT2D eigenvalue weighted by Gasteiger charge is -2.11. The summed E-state index contributed by atoms with van der Waals surface area (Å²) in [4.78, 5) is 18.8. The highest BCUT2D eigenvalue weighted by atomic mass is 16.5. The van der Waals surface area contributed by atoms with Crippen molar-refractivity contribution in [3.05, 3.63) is 27.9 Å². The molecule has 1 unspecified atom stereocenters. The second-order valence-corrected chi connectivity index (χ2v) is 5.15. The highest BCUT2D eigenvalue weighted by molar-refractivity contribution is 5.05. The van der Waals surface area contributed by atoms with Crippen LogP contribution in [-0.2, 0) is 11.3 Å². The van der Waals surface area contributed by atoms with Crippen molar-refractivity contribution < 1.29 is 4.74 Å². The number of hydrogen-bond acceptors (Lipinski definition) is 4. The first-order chi connectivity index (χ1) is 8.65. The number of aromatic nitrogens is 2. The van der Waals surface area contributed by atoms with Gasteiger partial charge in [0.05, 0.1) is 5.69 Å². The number of nitrogens with one attached hydrogen (secondary N) is 2. The molecule has 0 saturated carbocycles. The van der Waals surface area contributed by atoms with Crippen LogP contribution < -0.4 is 10.9 Å². The van der Waals surface area contributed by atoms with Crippen LogP contribution in [0.15, 0.2) is 10.9 Å². The van der Waals surface area contributed by atoms with E-state index in [-0.39, 0.29) is 11.7 Å². The van der Waals surface area contributed by atoms with Gasteiger partial charge in [-0.3, -0.25) is 4.79 Å². The molecule has 0 aromatic carbocycles. The molecule has 100 valence electrons. The van der Waals surface area contributed by atoms with E-state index in [1.807, 2.05) is 0 Å². The molecule has 5 heteroatoms. The maximum atomic E-state index is 11.6. The van der Waals surface area contributed by atoms with Gasteiger partial charge in [0.15, 0.2) is 0 Å². The maximum absolute atomic E-state index is 11.6. The van der Waals surface area contributed by atoms with E-state index in [0.717, 1.165) is 31.7 Å². The van der Waals surface area contributed by atoms with Crippen LogP contribution >= 0.6 is 0 Å². The molecule has 1 aromatic rings. The zero-order chi connectivity index (χ0) is 13.0. The lowest BCUT2D eigenvalue weighted by molar-refractivity contribution is 0.104. The van der Waals surface area contributed by atoms with E-state index in [0.29, 0.717) is 18.3 Å². The Kier molecular flexibility index (Phi) is 4.49. The van der Waals surface area contributed by atoms with Crippen molar-refractivity contribution in [3.8, 4) is 0 Å². The highest BCUT2D eigenvalue weighted by Crippen LogP contribution is 2.24. The van der Waals surface area contributed by atoms with E-state index >= 15 is 0 Å². The third-order valence-corrected chi connectivity index (χ3v) is 2.91. The Morgan fingerprint density at radius 2 is 2.44 bits per heavy atom. The molecule has 0 spiro atoms. The lowest BCUT2D eigenvalue weighted by atomic mass is 10.2. The zero-order valence-corrected chi connectivity index (χ0v) is 11.0. The second kappa shape index (κ2) is 6.11. The normalized spacial score (nSPS) is 19.6. The Morgan fingerprint density at radius 3 is 3.11 bits per heavy atom. The smallest absolute Gasteiger partial charge is 0.251 e. The van der Waals surface area contributed by atoms with E-state index in [1.54, 1.807) is 6.07 Å². The van der Waals surface area contributed by atoms with Crippen LogP contribution in [-0.4, -0.2) is 23.1 Å². The fraction of sp³-hybridized carbons (Fsp3) is 0.692. The average Bonchev–Trinajstić information content (AvgIpc) is 2.81. The molecule has 2 heterocycles. The largest absolute Gasteiger partial charge is 0.370 e. The summed E-state index contributed by atoms with van der Waals surface area (Å²) in [6.45, 7) is 6.60. The summed E-state index contributed by atoms with van der Waals surface area (Å²) in [5, 5.41) is 3.29. The number of H-pyrrole nitrogens is 1. The summed E-state index contributed by atoms with van der Waals surface area (Å²) >= 11 is 0. The first-order valence-electron chi connectivity index (χ1n) is 6.57. The molecule has 0 amide bonds. The lowest BCUT2D eigenvalue weighted by Crippen LogP contribution is -2.23. The predicted molar refractivity (Wildman–Crippen MR) is 69.3 cm³/mol. The molecule has 1 aliphatic rings. The van der Waals surface area contributed by atoms with E-state index in [2.05, 4.69) is 29.1 Å². The molecule has 5 nitrogen and oxygen atoms in total. The summed E-state index contributed by atoms with van der Waals surface area (Å²) in [5.74, 6) is 1.26. The van der Waals surface area contributed by atoms with E-state index in [4.69, 9.17) is 4.74 Å². The quantitative estimate of drug-likeness (QED) is 0.829. The van der Waals surface area contributed by atoms with Crippen molar-refractivity contribution in [1.29, 1.82) is 0 Å². The van der Waals surface area contributed by atoms with Gasteiger partial charge in [0.2, 0.25) is 0 Å². The first kappa shape index (κ1) is 13.2. The van der Waals surface area contributed by atoms with Gasteiger partial charge in [-0.25, -0.2) is 4.98 Å². The number of ether oxygens (including phenoxy) is 1. The van der Waals surface area contributed by atoms with Gasteiger partial charge in [-0.15, -0.1) is 0 Å². The molecule has 1 fully saturated rings. The Morgan fingerprint density at radius 1 is 1.61 bits per heavy atom. The van der Waals surface area contributed by atoms with Crippen LogP contribution in [0, 0.1) is 5.92 Å². The summed E-state index contributed by atoms with van der Waals surface area (Å²) in [6, 6.07) is 1.55. The fourth-order valence-electron chi connectivity index (χ4n) is 2.05. The SMILES string of the molecule is CC(C)CNCc1cc(=O)[nH]c(C2CCCO2)n1. The van der Waals surface area contributed by atoms with Crippen molar-refractivity contribution in [2.75, 3.05) is 13.2 Å².